The minimum absolute atomic E-state index is 0.0586. The normalized spacial score (nSPS) is 15.2. The Labute approximate surface area is 122 Å². The van der Waals surface area contributed by atoms with Gasteiger partial charge >= 0.3 is 12.0 Å². The average Bonchev–Trinajstić information content (AvgIpc) is 3.16. The van der Waals surface area contributed by atoms with Crippen LogP contribution in [0.15, 0.2) is 4.42 Å². The van der Waals surface area contributed by atoms with Gasteiger partial charge in [0, 0.05) is 5.92 Å². The van der Waals surface area contributed by atoms with Crippen molar-refractivity contribution < 1.29 is 19.1 Å². The van der Waals surface area contributed by atoms with Crippen LogP contribution in [0.1, 0.15) is 45.4 Å². The molecule has 2 N–H and O–H groups in total. The first-order valence-corrected chi connectivity index (χ1v) is 6.96. The number of carboxylic acid groups (broad SMARTS) is 1. The van der Waals surface area contributed by atoms with Gasteiger partial charge in [-0.25, -0.2) is 0 Å². The van der Waals surface area contributed by atoms with Crippen molar-refractivity contribution in [3.8, 4) is 0 Å². The van der Waals surface area contributed by atoms with Crippen LogP contribution in [0.5, 0.6) is 0 Å². The highest BCUT2D eigenvalue weighted by Crippen LogP contribution is 2.39. The maximum Gasteiger partial charge on any atom is 0.323 e. The zero-order chi connectivity index (χ0) is 15.6. The number of carbonyl (C=O) groups is 2. The second-order valence-corrected chi connectivity index (χ2v) is 5.65. The Balaban J connectivity index is 1.94. The minimum Gasteiger partial charge on any atom is -0.480 e. The molecule has 21 heavy (non-hydrogen) atoms. The number of carboxylic acids is 1. The molecule has 1 aromatic rings. The molecule has 1 aliphatic carbocycles. The number of likely N-dealkylation sites (N-methyl/N-ethyl adjacent to an activating group) is 1. The fraction of sp³-hybridized carbons (Fsp3) is 0.692. The van der Waals surface area contributed by atoms with E-state index in [0.29, 0.717) is 18.4 Å². The predicted octanol–water partition coefficient (Wildman–Crippen LogP) is 1.07. The molecular formula is C13H20N4O4. The highest BCUT2D eigenvalue weighted by atomic mass is 16.4. The molecule has 1 saturated carbocycles. The molecule has 0 radical (unpaired) electrons. The van der Waals surface area contributed by atoms with E-state index in [1.54, 1.807) is 25.7 Å². The van der Waals surface area contributed by atoms with E-state index in [4.69, 9.17) is 4.42 Å². The minimum atomic E-state index is -1.12. The summed E-state index contributed by atoms with van der Waals surface area (Å²) in [6.07, 6.45) is 2.07. The van der Waals surface area contributed by atoms with Gasteiger partial charge in [-0.3, -0.25) is 19.8 Å². The third-order valence-corrected chi connectivity index (χ3v) is 3.64. The first kappa shape index (κ1) is 15.4. The van der Waals surface area contributed by atoms with Crippen LogP contribution in [0.25, 0.3) is 0 Å². The number of nitrogens with one attached hydrogen (secondary N) is 1. The smallest absolute Gasteiger partial charge is 0.323 e. The molecule has 1 aromatic heterocycles. The molecule has 0 unspecified atom stereocenters. The molecule has 116 valence electrons. The molecule has 0 bridgehead atoms. The lowest BCUT2D eigenvalue weighted by Crippen LogP contribution is -2.52. The Morgan fingerprint density at radius 1 is 1.43 bits per heavy atom. The summed E-state index contributed by atoms with van der Waals surface area (Å²) in [6, 6.07) is 0.0612. The van der Waals surface area contributed by atoms with Gasteiger partial charge in [0.15, 0.2) is 0 Å². The Morgan fingerprint density at radius 3 is 2.62 bits per heavy atom. The van der Waals surface area contributed by atoms with Crippen molar-refractivity contribution in [2.75, 3.05) is 18.4 Å². The predicted molar refractivity (Wildman–Crippen MR) is 73.9 cm³/mol. The van der Waals surface area contributed by atoms with Gasteiger partial charge in [0.05, 0.1) is 6.54 Å². The van der Waals surface area contributed by atoms with Gasteiger partial charge in [-0.2, -0.15) is 0 Å². The molecule has 1 amide bonds. The van der Waals surface area contributed by atoms with Gasteiger partial charge in [0.1, 0.15) is 5.54 Å². The van der Waals surface area contributed by atoms with Crippen LogP contribution in [-0.4, -0.2) is 50.7 Å². The first-order chi connectivity index (χ1) is 9.84. The number of anilines is 1. The molecule has 0 spiro atoms. The Hall–Kier alpha value is -1.96. The van der Waals surface area contributed by atoms with Crippen LogP contribution in [0, 0.1) is 0 Å². The fourth-order valence-electron chi connectivity index (χ4n) is 1.95. The van der Waals surface area contributed by atoms with E-state index in [0.717, 1.165) is 12.8 Å². The maximum absolute atomic E-state index is 12.0. The molecule has 0 aromatic carbocycles. The van der Waals surface area contributed by atoms with E-state index in [1.807, 2.05) is 0 Å². The number of hydrogen-bond donors (Lipinski definition) is 2. The van der Waals surface area contributed by atoms with E-state index in [2.05, 4.69) is 15.5 Å². The van der Waals surface area contributed by atoms with Crippen LogP contribution in [-0.2, 0) is 9.59 Å². The molecule has 8 heteroatoms. The zero-order valence-corrected chi connectivity index (χ0v) is 12.4. The van der Waals surface area contributed by atoms with Crippen LogP contribution < -0.4 is 5.32 Å². The van der Waals surface area contributed by atoms with Crippen LogP contribution >= 0.6 is 0 Å². The topological polar surface area (TPSA) is 109 Å². The van der Waals surface area contributed by atoms with Gasteiger partial charge in [-0.05, 0) is 33.2 Å². The largest absolute Gasteiger partial charge is 0.480 e. The summed E-state index contributed by atoms with van der Waals surface area (Å²) in [4.78, 5) is 24.8. The molecule has 2 rings (SSSR count). The van der Waals surface area contributed by atoms with E-state index in [-0.39, 0.29) is 18.5 Å². The van der Waals surface area contributed by atoms with Crippen molar-refractivity contribution >= 4 is 17.9 Å². The summed E-state index contributed by atoms with van der Waals surface area (Å²) in [6.45, 7) is 5.30. The van der Waals surface area contributed by atoms with Crippen molar-refractivity contribution in [2.45, 2.75) is 45.1 Å². The second kappa shape index (κ2) is 5.80. The van der Waals surface area contributed by atoms with E-state index >= 15 is 0 Å². The number of aliphatic carboxylic acids is 1. The Kier molecular flexibility index (Phi) is 4.26. The fourth-order valence-corrected chi connectivity index (χ4v) is 1.95. The number of hydrogen-bond acceptors (Lipinski definition) is 6. The summed E-state index contributed by atoms with van der Waals surface area (Å²) < 4.78 is 5.34. The van der Waals surface area contributed by atoms with Gasteiger partial charge in [0.25, 0.3) is 0 Å². The zero-order valence-electron chi connectivity index (χ0n) is 12.4. The van der Waals surface area contributed by atoms with Crippen LogP contribution in [0.2, 0.25) is 0 Å². The molecule has 1 fully saturated rings. The van der Waals surface area contributed by atoms with Crippen LogP contribution in [0.4, 0.5) is 6.01 Å². The van der Waals surface area contributed by atoms with E-state index in [9.17, 15) is 14.7 Å². The molecule has 8 nitrogen and oxygen atoms in total. The lowest BCUT2D eigenvalue weighted by Gasteiger charge is -2.33. The number of carbonyl (C=O) groups excluding carboxylic acids is 1. The monoisotopic (exact) mass is 296 g/mol. The van der Waals surface area contributed by atoms with E-state index in [1.165, 1.54) is 0 Å². The standard InChI is InChI=1S/C13H20N4O4/c1-4-17(13(2,3)11(19)20)7-9(18)14-12-16-15-10(21-12)8-5-6-8/h8H,4-7H2,1-3H3,(H,19,20)(H,14,16,18). The first-order valence-electron chi connectivity index (χ1n) is 6.96. The Bertz CT molecular complexity index is 536. The Morgan fingerprint density at radius 2 is 2.10 bits per heavy atom. The van der Waals surface area contributed by atoms with Gasteiger partial charge < -0.3 is 9.52 Å². The van der Waals surface area contributed by atoms with Gasteiger partial charge in [0.2, 0.25) is 11.8 Å². The summed E-state index contributed by atoms with van der Waals surface area (Å²) in [7, 11) is 0. The second-order valence-electron chi connectivity index (χ2n) is 5.65. The van der Waals surface area contributed by atoms with E-state index < -0.39 is 11.5 Å². The number of rotatable bonds is 7. The molecule has 0 atom stereocenters. The molecule has 0 aliphatic heterocycles. The van der Waals surface area contributed by atoms with Crippen molar-refractivity contribution in [3.63, 3.8) is 0 Å². The van der Waals surface area contributed by atoms with Gasteiger partial charge in [-0.15, -0.1) is 5.10 Å². The summed E-state index contributed by atoms with van der Waals surface area (Å²) in [5, 5.41) is 19.3. The highest BCUT2D eigenvalue weighted by molar-refractivity contribution is 5.91. The van der Waals surface area contributed by atoms with Crippen molar-refractivity contribution in [1.82, 2.24) is 15.1 Å². The summed E-state index contributed by atoms with van der Waals surface area (Å²) in [5.74, 6) is -0.493. The van der Waals surface area contributed by atoms with Crippen molar-refractivity contribution in [2.24, 2.45) is 0 Å². The van der Waals surface area contributed by atoms with Gasteiger partial charge in [-0.1, -0.05) is 12.0 Å². The quantitative estimate of drug-likeness (QED) is 0.774. The summed E-state index contributed by atoms with van der Waals surface area (Å²) >= 11 is 0. The highest BCUT2D eigenvalue weighted by Gasteiger charge is 2.35. The lowest BCUT2D eigenvalue weighted by atomic mass is 10.0. The van der Waals surface area contributed by atoms with Crippen molar-refractivity contribution in [3.05, 3.63) is 5.89 Å². The molecule has 1 aliphatic rings. The molecular weight excluding hydrogens is 276 g/mol. The summed E-state index contributed by atoms with van der Waals surface area (Å²) in [5.41, 5.74) is -1.12. The number of nitrogens with zero attached hydrogens (tertiary/aromatic N) is 3. The van der Waals surface area contributed by atoms with Crippen LogP contribution in [0.3, 0.4) is 0 Å². The average molecular weight is 296 g/mol. The molecule has 0 saturated heterocycles. The number of amides is 1. The van der Waals surface area contributed by atoms with Crippen molar-refractivity contribution in [1.29, 1.82) is 0 Å². The third-order valence-electron chi connectivity index (χ3n) is 3.64. The lowest BCUT2D eigenvalue weighted by molar-refractivity contribution is -0.149. The third kappa shape index (κ3) is 3.57. The molecule has 1 heterocycles. The maximum atomic E-state index is 12.0. The SMILES string of the molecule is CCN(CC(=O)Nc1nnc(C2CC2)o1)C(C)(C)C(=O)O. The number of aromatic nitrogens is 2.